The number of esters is 3. The number of carbonyl (C=O) groups excluding carboxylic acids is 3. The molecule has 6 nitrogen and oxygen atoms in total. The highest BCUT2D eigenvalue weighted by atomic mass is 16.6. The van der Waals surface area contributed by atoms with Crippen molar-refractivity contribution >= 4 is 17.9 Å². The Bertz CT molecular complexity index is 900. The first-order chi connectivity index (χ1) is 28.7. The molecule has 0 unspecified atom stereocenters. The fourth-order valence-corrected chi connectivity index (χ4v) is 7.99. The van der Waals surface area contributed by atoms with E-state index in [1.165, 1.54) is 180 Å². The maximum Gasteiger partial charge on any atom is 0.306 e. The lowest BCUT2D eigenvalue weighted by Gasteiger charge is -2.18. The van der Waals surface area contributed by atoms with E-state index >= 15 is 0 Å². The van der Waals surface area contributed by atoms with E-state index in [1.54, 1.807) is 0 Å². The molecule has 0 aliphatic heterocycles. The molecule has 0 radical (unpaired) electrons. The summed E-state index contributed by atoms with van der Waals surface area (Å²) in [6.45, 7) is 11.3. The molecule has 0 fully saturated rings. The summed E-state index contributed by atoms with van der Waals surface area (Å²) in [5.41, 5.74) is 0. The summed E-state index contributed by atoms with van der Waals surface area (Å²) >= 11 is 0. The second-order valence-electron chi connectivity index (χ2n) is 19.1. The fourth-order valence-electron chi connectivity index (χ4n) is 7.99. The second kappa shape index (κ2) is 45.9. The molecule has 0 bridgehead atoms. The molecule has 0 aromatic rings. The third kappa shape index (κ3) is 47.3. The van der Waals surface area contributed by atoms with Gasteiger partial charge in [0.25, 0.3) is 0 Å². The van der Waals surface area contributed by atoms with Gasteiger partial charge in [0.1, 0.15) is 13.2 Å². The van der Waals surface area contributed by atoms with Crippen molar-refractivity contribution in [1.82, 2.24) is 0 Å². The summed E-state index contributed by atoms with van der Waals surface area (Å²) in [4.78, 5) is 37.9. The molecule has 0 spiro atoms. The van der Waals surface area contributed by atoms with Crippen LogP contribution in [0.4, 0.5) is 0 Å². The number of rotatable bonds is 47. The summed E-state index contributed by atoms with van der Waals surface area (Å²) in [5, 5.41) is 0. The van der Waals surface area contributed by atoms with Crippen molar-refractivity contribution in [2.24, 2.45) is 11.8 Å². The number of unbranched alkanes of at least 4 members (excludes halogenated alkanes) is 32. The van der Waals surface area contributed by atoms with Gasteiger partial charge in [-0.1, -0.05) is 253 Å². The number of hydrogen-bond acceptors (Lipinski definition) is 6. The fraction of sp³-hybridized carbons (Fsp3) is 0.943. The van der Waals surface area contributed by atoms with Gasteiger partial charge in [-0.15, -0.1) is 0 Å². The topological polar surface area (TPSA) is 78.9 Å². The Morgan fingerprint density at radius 2 is 0.559 bits per heavy atom. The summed E-state index contributed by atoms with van der Waals surface area (Å²) in [6, 6.07) is 0. The Hall–Kier alpha value is -1.59. The molecule has 0 aliphatic rings. The maximum absolute atomic E-state index is 12.8. The van der Waals surface area contributed by atoms with Gasteiger partial charge in [-0.25, -0.2) is 0 Å². The Kier molecular flexibility index (Phi) is 44.7. The minimum Gasteiger partial charge on any atom is -0.462 e. The van der Waals surface area contributed by atoms with Crippen molar-refractivity contribution < 1.29 is 28.6 Å². The van der Waals surface area contributed by atoms with E-state index in [2.05, 4.69) is 34.6 Å². The smallest absolute Gasteiger partial charge is 0.306 e. The van der Waals surface area contributed by atoms with Crippen molar-refractivity contribution in [2.75, 3.05) is 13.2 Å². The second-order valence-corrected chi connectivity index (χ2v) is 19.1. The molecular weight excluding hydrogens is 733 g/mol. The zero-order valence-electron chi connectivity index (χ0n) is 40.4. The highest BCUT2D eigenvalue weighted by Gasteiger charge is 2.19. The van der Waals surface area contributed by atoms with Crippen molar-refractivity contribution in [3.05, 3.63) is 0 Å². The van der Waals surface area contributed by atoms with Gasteiger partial charge >= 0.3 is 17.9 Å². The molecule has 0 rings (SSSR count). The lowest BCUT2D eigenvalue weighted by molar-refractivity contribution is -0.167. The third-order valence-corrected chi connectivity index (χ3v) is 12.0. The van der Waals surface area contributed by atoms with E-state index in [0.29, 0.717) is 19.3 Å². The largest absolute Gasteiger partial charge is 0.462 e. The molecule has 0 aromatic carbocycles. The normalized spacial score (nSPS) is 12.1. The highest BCUT2D eigenvalue weighted by Crippen LogP contribution is 2.17. The van der Waals surface area contributed by atoms with Crippen LogP contribution in [-0.4, -0.2) is 37.2 Å². The van der Waals surface area contributed by atoms with Crippen LogP contribution in [0.15, 0.2) is 0 Å². The van der Waals surface area contributed by atoms with Gasteiger partial charge in [0.2, 0.25) is 0 Å². The van der Waals surface area contributed by atoms with Gasteiger partial charge in [-0.05, 0) is 31.1 Å². The molecule has 350 valence electrons. The molecule has 0 aliphatic carbocycles. The Morgan fingerprint density at radius 1 is 0.322 bits per heavy atom. The van der Waals surface area contributed by atoms with Gasteiger partial charge < -0.3 is 14.2 Å². The molecule has 0 N–H and O–H groups in total. The summed E-state index contributed by atoms with van der Waals surface area (Å²) in [7, 11) is 0. The van der Waals surface area contributed by atoms with Crippen molar-refractivity contribution in [2.45, 2.75) is 298 Å². The van der Waals surface area contributed by atoms with Crippen molar-refractivity contribution in [3.8, 4) is 0 Å². The van der Waals surface area contributed by atoms with Crippen LogP contribution in [0.1, 0.15) is 291 Å². The highest BCUT2D eigenvalue weighted by molar-refractivity contribution is 5.71. The predicted octanol–water partition coefficient (Wildman–Crippen LogP) is 16.9. The van der Waals surface area contributed by atoms with Crippen LogP contribution < -0.4 is 0 Å². The van der Waals surface area contributed by atoms with E-state index in [9.17, 15) is 14.4 Å². The van der Waals surface area contributed by atoms with Crippen LogP contribution in [0.2, 0.25) is 0 Å². The molecule has 0 amide bonds. The monoisotopic (exact) mass is 835 g/mol. The quantitative estimate of drug-likeness (QED) is 0.0345. The van der Waals surface area contributed by atoms with Gasteiger partial charge in [0.15, 0.2) is 6.10 Å². The zero-order valence-corrected chi connectivity index (χ0v) is 40.4. The number of carbonyl (C=O) groups is 3. The first-order valence-corrected chi connectivity index (χ1v) is 26.2. The number of ether oxygens (including phenoxy) is 3. The molecule has 6 heteroatoms. The lowest BCUT2D eigenvalue weighted by atomic mass is 10.0. The summed E-state index contributed by atoms with van der Waals surface area (Å²) < 4.78 is 16.8. The van der Waals surface area contributed by atoms with Crippen LogP contribution in [0, 0.1) is 11.8 Å². The van der Waals surface area contributed by atoms with Gasteiger partial charge in [0, 0.05) is 19.3 Å². The molecule has 0 saturated heterocycles. The van der Waals surface area contributed by atoms with Crippen molar-refractivity contribution in [1.29, 1.82) is 0 Å². The SMILES string of the molecule is CCCCCCCCCCCCCCCCCC(=O)OC[C@H](COC(=O)CCCCCCCCCC(C)C)OC(=O)CCCCCCCCCCCCCCCC(C)C. The first-order valence-electron chi connectivity index (χ1n) is 26.2. The zero-order chi connectivity index (χ0) is 43.3. The minimum atomic E-state index is -0.762. The van der Waals surface area contributed by atoms with Crippen molar-refractivity contribution in [3.63, 3.8) is 0 Å². The Balaban J connectivity index is 4.29. The van der Waals surface area contributed by atoms with Crippen LogP contribution in [0.5, 0.6) is 0 Å². The van der Waals surface area contributed by atoms with Crippen LogP contribution in [-0.2, 0) is 28.6 Å². The van der Waals surface area contributed by atoms with E-state index in [-0.39, 0.29) is 31.1 Å². The van der Waals surface area contributed by atoms with Gasteiger partial charge in [-0.2, -0.15) is 0 Å². The maximum atomic E-state index is 12.8. The Morgan fingerprint density at radius 3 is 0.831 bits per heavy atom. The van der Waals surface area contributed by atoms with E-state index in [0.717, 1.165) is 69.6 Å². The van der Waals surface area contributed by atoms with Gasteiger partial charge in [-0.3, -0.25) is 14.4 Å². The average molecular weight is 835 g/mol. The minimum absolute atomic E-state index is 0.0640. The lowest BCUT2D eigenvalue weighted by Crippen LogP contribution is -2.30. The van der Waals surface area contributed by atoms with Crippen LogP contribution in [0.25, 0.3) is 0 Å². The standard InChI is InChI=1S/C53H102O6/c1-6-7-8-9-10-11-12-13-14-17-20-23-28-33-38-43-51(54)57-46-50(47-58-52(55)44-39-34-30-25-27-32-37-42-49(4)5)59-53(56)45-40-35-29-24-21-18-15-16-19-22-26-31-36-41-48(2)3/h48-50H,6-47H2,1-5H3/t50-/m1/s1. The predicted molar refractivity (Wildman–Crippen MR) is 252 cm³/mol. The summed E-state index contributed by atoms with van der Waals surface area (Å²) in [6.07, 6.45) is 46.7. The molecule has 59 heavy (non-hydrogen) atoms. The molecule has 0 saturated carbocycles. The third-order valence-electron chi connectivity index (χ3n) is 12.0. The van der Waals surface area contributed by atoms with Crippen LogP contribution in [0.3, 0.4) is 0 Å². The molecule has 0 aromatic heterocycles. The molecule has 1 atom stereocenters. The summed E-state index contributed by atoms with van der Waals surface area (Å²) in [5.74, 6) is 0.770. The van der Waals surface area contributed by atoms with E-state index < -0.39 is 6.10 Å². The van der Waals surface area contributed by atoms with Crippen LogP contribution >= 0.6 is 0 Å². The average Bonchev–Trinajstić information content (AvgIpc) is 3.20. The molecular formula is C53H102O6. The molecule has 0 heterocycles. The van der Waals surface area contributed by atoms with E-state index in [4.69, 9.17) is 14.2 Å². The first kappa shape index (κ1) is 57.4. The van der Waals surface area contributed by atoms with Gasteiger partial charge in [0.05, 0.1) is 0 Å². The van der Waals surface area contributed by atoms with E-state index in [1.807, 2.05) is 0 Å². The number of hydrogen-bond donors (Lipinski definition) is 0. The Labute approximate surface area is 368 Å².